The normalized spacial score (nSPS) is 23.6. The van der Waals surface area contributed by atoms with Gasteiger partial charge in [0.05, 0.1) is 0 Å². The summed E-state index contributed by atoms with van der Waals surface area (Å²) in [5, 5.41) is 12.0. The third-order valence-electron chi connectivity index (χ3n) is 6.29. The fraction of sp³-hybridized carbons (Fsp3) is 0.500. The van der Waals surface area contributed by atoms with Crippen LogP contribution in [0.4, 0.5) is 5.69 Å². The molecule has 1 saturated heterocycles. The molecule has 0 radical (unpaired) electrons. The molecule has 2 aliphatic rings. The largest absolute Gasteiger partial charge is 0.357 e. The maximum Gasteiger partial charge on any atom is 0.225 e. The van der Waals surface area contributed by atoms with Crippen LogP contribution in [-0.4, -0.2) is 50.0 Å². The lowest BCUT2D eigenvalue weighted by Crippen LogP contribution is -2.42. The second-order valence-electron chi connectivity index (χ2n) is 8.48. The number of likely N-dealkylation sites (tertiary alicyclic amines) is 1. The molecule has 3 heterocycles. The number of guanidine groups is 1. The van der Waals surface area contributed by atoms with Gasteiger partial charge in [-0.2, -0.15) is 0 Å². The predicted octanol–water partition coefficient (Wildman–Crippen LogP) is 4.43. The molecule has 174 valence electrons. The molecular weight excluding hydrogens is 533 g/mol. The number of aliphatic imine (C=N–C) groups is 1. The maximum atomic E-state index is 12.1. The summed E-state index contributed by atoms with van der Waals surface area (Å²) < 4.78 is 0. The van der Waals surface area contributed by atoms with Crippen molar-refractivity contribution < 1.29 is 4.79 Å². The van der Waals surface area contributed by atoms with Crippen LogP contribution in [0.3, 0.4) is 0 Å². The lowest BCUT2D eigenvalue weighted by molar-refractivity contribution is -0.116. The molecule has 3 atom stereocenters. The number of nitrogens with zero attached hydrogens (tertiary/aromatic N) is 2. The van der Waals surface area contributed by atoms with Crippen molar-refractivity contribution in [2.24, 2.45) is 10.9 Å². The highest BCUT2D eigenvalue weighted by molar-refractivity contribution is 14.0. The Balaban J connectivity index is 0.00000289. The van der Waals surface area contributed by atoms with E-state index in [1.54, 1.807) is 0 Å². The number of hydrogen-bond acceptors (Lipinski definition) is 4. The summed E-state index contributed by atoms with van der Waals surface area (Å²) in [5.74, 6) is 1.57. The highest BCUT2D eigenvalue weighted by Gasteiger charge is 2.31. The number of anilines is 1. The van der Waals surface area contributed by atoms with Crippen molar-refractivity contribution in [3.8, 4) is 0 Å². The number of nitrogens with one attached hydrogen (secondary N) is 3. The van der Waals surface area contributed by atoms with Crippen molar-refractivity contribution in [3.05, 3.63) is 52.2 Å². The molecule has 1 amide bonds. The summed E-state index contributed by atoms with van der Waals surface area (Å²) in [4.78, 5) is 21.0. The van der Waals surface area contributed by atoms with E-state index in [1.807, 2.05) is 29.5 Å². The molecule has 6 nitrogen and oxygen atoms in total. The Kier molecular flexibility index (Phi) is 9.36. The first-order valence-electron chi connectivity index (χ1n) is 11.3. The van der Waals surface area contributed by atoms with E-state index in [9.17, 15) is 4.79 Å². The summed E-state index contributed by atoms with van der Waals surface area (Å²) in [6, 6.07) is 12.9. The number of amides is 1. The molecule has 2 aromatic rings. The van der Waals surface area contributed by atoms with E-state index in [1.165, 1.54) is 23.3 Å². The number of halogens is 1. The summed E-state index contributed by atoms with van der Waals surface area (Å²) in [7, 11) is 2.23. The van der Waals surface area contributed by atoms with Gasteiger partial charge in [-0.05, 0) is 62.4 Å². The first-order valence-corrected chi connectivity index (χ1v) is 12.2. The zero-order valence-electron chi connectivity index (χ0n) is 18.8. The molecule has 3 unspecified atom stereocenters. The second-order valence-corrected chi connectivity index (χ2v) is 9.46. The van der Waals surface area contributed by atoms with Gasteiger partial charge >= 0.3 is 0 Å². The van der Waals surface area contributed by atoms with Crippen molar-refractivity contribution in [2.75, 3.05) is 38.5 Å². The van der Waals surface area contributed by atoms with Crippen LogP contribution in [0, 0.1) is 5.92 Å². The minimum atomic E-state index is 0. The topological polar surface area (TPSA) is 68.8 Å². The van der Waals surface area contributed by atoms with E-state index in [0.717, 1.165) is 31.3 Å². The lowest BCUT2D eigenvalue weighted by Gasteiger charge is -2.38. The third kappa shape index (κ3) is 6.02. The van der Waals surface area contributed by atoms with E-state index >= 15 is 0 Å². The van der Waals surface area contributed by atoms with E-state index < -0.39 is 0 Å². The van der Waals surface area contributed by atoms with E-state index in [0.29, 0.717) is 24.9 Å². The number of rotatable bonds is 6. The fourth-order valence-corrected chi connectivity index (χ4v) is 5.80. The molecule has 32 heavy (non-hydrogen) atoms. The molecule has 1 fully saturated rings. The monoisotopic (exact) mass is 567 g/mol. The van der Waals surface area contributed by atoms with Gasteiger partial charge in [0, 0.05) is 48.6 Å². The molecule has 1 aromatic heterocycles. The minimum absolute atomic E-state index is 0. The van der Waals surface area contributed by atoms with Crippen molar-refractivity contribution in [1.82, 2.24) is 15.5 Å². The Morgan fingerprint density at radius 2 is 2.09 bits per heavy atom. The van der Waals surface area contributed by atoms with Gasteiger partial charge in [-0.1, -0.05) is 24.3 Å². The highest BCUT2D eigenvalue weighted by Crippen LogP contribution is 2.37. The Bertz CT molecular complexity index is 904. The molecule has 2 aliphatic heterocycles. The third-order valence-corrected chi connectivity index (χ3v) is 7.24. The van der Waals surface area contributed by atoms with Crippen LogP contribution in [0.5, 0.6) is 0 Å². The molecule has 0 saturated carbocycles. The second kappa shape index (κ2) is 12.0. The minimum Gasteiger partial charge on any atom is -0.357 e. The van der Waals surface area contributed by atoms with E-state index in [-0.39, 0.29) is 35.8 Å². The van der Waals surface area contributed by atoms with Crippen LogP contribution in [0.1, 0.15) is 48.6 Å². The standard InChI is InChI=1S/C24H33N5OS.HI/c1-3-25-24(27-16-18-14-22(30)28-20-10-5-4-9-19(18)20)26-15-17-8-6-12-29(2)23(17)21-11-7-13-31-21;/h4-5,7,9-11,13,17-18,23H,3,6,8,12,14-16H2,1-2H3,(H,28,30)(H2,25,26,27);1H. The molecule has 3 N–H and O–H groups in total. The zero-order valence-corrected chi connectivity index (χ0v) is 22.0. The van der Waals surface area contributed by atoms with Crippen molar-refractivity contribution in [2.45, 2.75) is 38.1 Å². The van der Waals surface area contributed by atoms with E-state index in [2.05, 4.69) is 58.4 Å². The molecule has 4 rings (SSSR count). The van der Waals surface area contributed by atoms with Crippen molar-refractivity contribution >= 4 is 52.9 Å². The average Bonchev–Trinajstić information content (AvgIpc) is 3.29. The van der Waals surface area contributed by atoms with Crippen LogP contribution in [0.15, 0.2) is 46.8 Å². The van der Waals surface area contributed by atoms with E-state index in [4.69, 9.17) is 4.99 Å². The van der Waals surface area contributed by atoms with Gasteiger partial charge in [-0.15, -0.1) is 35.3 Å². The highest BCUT2D eigenvalue weighted by atomic mass is 127. The van der Waals surface area contributed by atoms with Gasteiger partial charge in [-0.25, -0.2) is 0 Å². The number of carbonyl (C=O) groups excluding carboxylic acids is 1. The maximum absolute atomic E-state index is 12.1. The molecule has 0 aliphatic carbocycles. The molecule has 8 heteroatoms. The number of thiophene rings is 1. The first kappa shape index (κ1) is 25.0. The van der Waals surface area contributed by atoms with Crippen LogP contribution in [0.25, 0.3) is 0 Å². The fourth-order valence-electron chi connectivity index (χ4n) is 4.81. The average molecular weight is 568 g/mol. The van der Waals surface area contributed by atoms with Gasteiger partial charge in [0.15, 0.2) is 5.96 Å². The van der Waals surface area contributed by atoms with Crippen LogP contribution >= 0.6 is 35.3 Å². The zero-order chi connectivity index (χ0) is 21.6. The van der Waals surface area contributed by atoms with Gasteiger partial charge < -0.3 is 16.0 Å². The molecule has 1 aromatic carbocycles. The molecule has 0 bridgehead atoms. The Labute approximate surface area is 212 Å². The van der Waals surface area contributed by atoms with Crippen LogP contribution in [-0.2, 0) is 4.79 Å². The number of para-hydroxylation sites is 1. The lowest BCUT2D eigenvalue weighted by atomic mass is 9.88. The molecular formula is C24H34IN5OS. The van der Waals surface area contributed by atoms with Crippen molar-refractivity contribution in [3.63, 3.8) is 0 Å². The quantitative estimate of drug-likeness (QED) is 0.275. The number of carbonyl (C=O) groups is 1. The number of benzene rings is 1. The number of piperidine rings is 1. The SMILES string of the molecule is CCNC(=NCC1CCCN(C)C1c1cccs1)NCC1CC(=O)Nc2ccccc21.I. The van der Waals surface area contributed by atoms with Gasteiger partial charge in [0.25, 0.3) is 0 Å². The van der Waals surface area contributed by atoms with Crippen LogP contribution < -0.4 is 16.0 Å². The Morgan fingerprint density at radius 3 is 2.88 bits per heavy atom. The van der Waals surface area contributed by atoms with Gasteiger partial charge in [0.1, 0.15) is 0 Å². The first-order chi connectivity index (χ1) is 15.2. The number of hydrogen-bond donors (Lipinski definition) is 3. The van der Waals surface area contributed by atoms with Crippen LogP contribution in [0.2, 0.25) is 0 Å². The van der Waals surface area contributed by atoms with Gasteiger partial charge in [0.2, 0.25) is 5.91 Å². The summed E-state index contributed by atoms with van der Waals surface area (Å²) in [6.45, 7) is 5.53. The van der Waals surface area contributed by atoms with Gasteiger partial charge in [-0.3, -0.25) is 14.7 Å². The number of fused-ring (bicyclic) bond motifs is 1. The Morgan fingerprint density at radius 1 is 1.25 bits per heavy atom. The summed E-state index contributed by atoms with van der Waals surface area (Å²) >= 11 is 1.84. The smallest absolute Gasteiger partial charge is 0.225 e. The Hall–Kier alpha value is -1.65. The van der Waals surface area contributed by atoms with Crippen molar-refractivity contribution in [1.29, 1.82) is 0 Å². The predicted molar refractivity (Wildman–Crippen MR) is 144 cm³/mol. The summed E-state index contributed by atoms with van der Waals surface area (Å²) in [6.07, 6.45) is 2.92. The molecule has 0 spiro atoms. The summed E-state index contributed by atoms with van der Waals surface area (Å²) in [5.41, 5.74) is 2.12.